The Kier molecular flexibility index (Phi) is 1.80. The molecule has 0 saturated heterocycles. The number of rotatable bonds is 1. The average Bonchev–Trinajstić information content (AvgIpc) is 1.94. The first-order valence-corrected chi connectivity index (χ1v) is 2.66. The number of hydrogen-bond donors (Lipinski definition) is 1. The Morgan fingerprint density at radius 2 is 2.18 bits per heavy atom. The molecule has 1 N–H and O–H groups in total. The zero-order valence-electron chi connectivity index (χ0n) is 5.21. The number of carboxylic acid groups (broad SMARTS) is 1. The van der Waals surface area contributed by atoms with Gasteiger partial charge in [0, 0.05) is 6.20 Å². The molecule has 0 bridgehead atoms. The van der Waals surface area contributed by atoms with Crippen LogP contribution in [0.2, 0.25) is 0 Å². The van der Waals surface area contributed by atoms with Crippen molar-refractivity contribution in [3.8, 4) is 0 Å². The molecule has 0 aliphatic heterocycles. The summed E-state index contributed by atoms with van der Waals surface area (Å²) < 4.78 is 24.7. The third-order valence-electron chi connectivity index (χ3n) is 1.04. The van der Waals surface area contributed by atoms with Crippen LogP contribution in [0.15, 0.2) is 12.3 Å². The van der Waals surface area contributed by atoms with Crippen molar-refractivity contribution in [2.45, 2.75) is 0 Å². The summed E-state index contributed by atoms with van der Waals surface area (Å²) in [5, 5.41) is 8.22. The summed E-state index contributed by atoms with van der Waals surface area (Å²) in [7, 11) is 0. The second-order valence-electron chi connectivity index (χ2n) is 1.76. The third kappa shape index (κ3) is 1.31. The van der Waals surface area contributed by atoms with E-state index in [1.165, 1.54) is 0 Å². The number of aromatic nitrogens is 1. The molecule has 0 aliphatic carbocycles. The van der Waals surface area contributed by atoms with Gasteiger partial charge in [-0.1, -0.05) is 0 Å². The maximum atomic E-state index is 12.4. The lowest BCUT2D eigenvalue weighted by atomic mass is 10.3. The van der Waals surface area contributed by atoms with E-state index in [0.717, 1.165) is 12.3 Å². The fourth-order valence-electron chi connectivity index (χ4n) is 0.569. The van der Waals surface area contributed by atoms with Crippen LogP contribution in [0.25, 0.3) is 0 Å². The summed E-state index contributed by atoms with van der Waals surface area (Å²) in [6, 6.07) is 0.752. The van der Waals surface area contributed by atoms with Gasteiger partial charge in [0.15, 0.2) is 17.3 Å². The molecule has 0 fully saturated rings. The van der Waals surface area contributed by atoms with Gasteiger partial charge in [0.1, 0.15) is 0 Å². The second kappa shape index (κ2) is 2.61. The normalized spacial score (nSPS) is 9.64. The van der Waals surface area contributed by atoms with Crippen molar-refractivity contribution in [2.75, 3.05) is 0 Å². The predicted molar refractivity (Wildman–Crippen MR) is 31.1 cm³/mol. The van der Waals surface area contributed by atoms with Gasteiger partial charge >= 0.3 is 5.97 Å². The first-order chi connectivity index (χ1) is 5.13. The molecule has 1 heterocycles. The maximum absolute atomic E-state index is 12.4. The highest BCUT2D eigenvalue weighted by Crippen LogP contribution is 2.07. The number of aromatic carboxylic acids is 1. The average molecular weight is 159 g/mol. The molecule has 0 aromatic carbocycles. The lowest BCUT2D eigenvalue weighted by Crippen LogP contribution is -2.05. The lowest BCUT2D eigenvalue weighted by Gasteiger charge is -1.94. The van der Waals surface area contributed by atoms with Crippen LogP contribution in [-0.2, 0) is 0 Å². The van der Waals surface area contributed by atoms with Gasteiger partial charge < -0.3 is 5.11 Å². The van der Waals surface area contributed by atoms with Gasteiger partial charge in [-0.05, 0) is 6.07 Å². The topological polar surface area (TPSA) is 50.2 Å². The largest absolute Gasteiger partial charge is 0.476 e. The van der Waals surface area contributed by atoms with Crippen molar-refractivity contribution in [3.63, 3.8) is 0 Å². The molecule has 1 aromatic heterocycles. The lowest BCUT2D eigenvalue weighted by molar-refractivity contribution is 0.0683. The highest BCUT2D eigenvalue weighted by Gasteiger charge is 2.14. The van der Waals surface area contributed by atoms with Crippen molar-refractivity contribution in [2.24, 2.45) is 0 Å². The minimum Gasteiger partial charge on any atom is -0.476 e. The van der Waals surface area contributed by atoms with Crippen LogP contribution in [0.4, 0.5) is 8.78 Å². The standard InChI is InChI=1S/C6H3F2NO2/c7-3-1-2-9-5(4(3)8)6(10)11/h1-2H,(H,10,11). The number of nitrogens with zero attached hydrogens (tertiary/aromatic N) is 1. The van der Waals surface area contributed by atoms with Crippen LogP contribution in [-0.4, -0.2) is 16.1 Å². The summed E-state index contributed by atoms with van der Waals surface area (Å²) in [6.07, 6.45) is 0.891. The molecule has 1 aromatic rings. The molecule has 58 valence electrons. The summed E-state index contributed by atoms with van der Waals surface area (Å²) in [5.41, 5.74) is -0.898. The quantitative estimate of drug-likeness (QED) is 0.666. The van der Waals surface area contributed by atoms with Gasteiger partial charge in [-0.25, -0.2) is 18.6 Å². The molecular formula is C6H3F2NO2. The van der Waals surface area contributed by atoms with Crippen molar-refractivity contribution in [1.82, 2.24) is 4.98 Å². The molecule has 0 amide bonds. The van der Waals surface area contributed by atoms with E-state index in [-0.39, 0.29) is 0 Å². The van der Waals surface area contributed by atoms with Gasteiger partial charge in [-0.15, -0.1) is 0 Å². The van der Waals surface area contributed by atoms with Crippen molar-refractivity contribution < 1.29 is 18.7 Å². The molecule has 1 rings (SSSR count). The van der Waals surface area contributed by atoms with Gasteiger partial charge in [0.05, 0.1) is 0 Å². The van der Waals surface area contributed by atoms with Crippen molar-refractivity contribution in [3.05, 3.63) is 29.6 Å². The fourth-order valence-corrected chi connectivity index (χ4v) is 0.569. The summed E-state index contributed by atoms with van der Waals surface area (Å²) in [6.45, 7) is 0. The molecule has 0 spiro atoms. The zero-order valence-corrected chi connectivity index (χ0v) is 5.21. The van der Waals surface area contributed by atoms with E-state index >= 15 is 0 Å². The predicted octanol–water partition coefficient (Wildman–Crippen LogP) is 1.06. The van der Waals surface area contributed by atoms with Crippen LogP contribution in [0.5, 0.6) is 0 Å². The Morgan fingerprint density at radius 1 is 1.55 bits per heavy atom. The third-order valence-corrected chi connectivity index (χ3v) is 1.04. The van der Waals surface area contributed by atoms with Crippen LogP contribution in [0.1, 0.15) is 10.5 Å². The fraction of sp³-hybridized carbons (Fsp3) is 0. The van der Waals surface area contributed by atoms with Gasteiger partial charge in [0.2, 0.25) is 0 Å². The zero-order chi connectivity index (χ0) is 8.43. The number of carboxylic acids is 1. The van der Waals surface area contributed by atoms with Crippen LogP contribution in [0.3, 0.4) is 0 Å². The van der Waals surface area contributed by atoms with Crippen molar-refractivity contribution >= 4 is 5.97 Å². The minimum absolute atomic E-state index is 0.752. The van der Waals surface area contributed by atoms with Crippen LogP contribution >= 0.6 is 0 Å². The summed E-state index contributed by atoms with van der Waals surface area (Å²) >= 11 is 0. The Balaban J connectivity index is 3.27. The molecule has 0 radical (unpaired) electrons. The molecule has 5 heteroatoms. The SMILES string of the molecule is O=C(O)c1nccc(F)c1F. The maximum Gasteiger partial charge on any atom is 0.357 e. The van der Waals surface area contributed by atoms with Gasteiger partial charge in [-0.3, -0.25) is 0 Å². The number of pyridine rings is 1. The molecule has 0 unspecified atom stereocenters. The van der Waals surface area contributed by atoms with Crippen molar-refractivity contribution in [1.29, 1.82) is 0 Å². The monoisotopic (exact) mass is 159 g/mol. The summed E-state index contributed by atoms with van der Waals surface area (Å²) in [4.78, 5) is 13.2. The first kappa shape index (κ1) is 7.59. The van der Waals surface area contributed by atoms with E-state index in [9.17, 15) is 13.6 Å². The molecular weight excluding hydrogens is 156 g/mol. The number of halogens is 2. The molecule has 0 aliphatic rings. The molecule has 11 heavy (non-hydrogen) atoms. The van der Waals surface area contributed by atoms with Gasteiger partial charge in [-0.2, -0.15) is 0 Å². The highest BCUT2D eigenvalue weighted by molar-refractivity contribution is 5.85. The molecule has 3 nitrogen and oxygen atoms in total. The minimum atomic E-state index is -1.58. The first-order valence-electron chi connectivity index (χ1n) is 2.66. The van der Waals surface area contributed by atoms with E-state index in [2.05, 4.69) is 4.98 Å². The Morgan fingerprint density at radius 3 is 2.64 bits per heavy atom. The van der Waals surface area contributed by atoms with Gasteiger partial charge in [0.25, 0.3) is 0 Å². The molecule has 0 saturated carbocycles. The Hall–Kier alpha value is -1.52. The van der Waals surface area contributed by atoms with E-state index in [1.54, 1.807) is 0 Å². The van der Waals surface area contributed by atoms with Crippen LogP contribution in [0, 0.1) is 11.6 Å². The number of hydrogen-bond acceptors (Lipinski definition) is 2. The van der Waals surface area contributed by atoms with E-state index < -0.39 is 23.3 Å². The smallest absolute Gasteiger partial charge is 0.357 e. The van der Waals surface area contributed by atoms with E-state index in [1.807, 2.05) is 0 Å². The van der Waals surface area contributed by atoms with E-state index in [0.29, 0.717) is 0 Å². The summed E-state index contributed by atoms with van der Waals surface area (Å²) in [5.74, 6) is -4.22. The second-order valence-corrected chi connectivity index (χ2v) is 1.76. The molecule has 0 atom stereocenters. The number of carbonyl (C=O) groups is 1. The highest BCUT2D eigenvalue weighted by atomic mass is 19.2. The van der Waals surface area contributed by atoms with E-state index in [4.69, 9.17) is 5.11 Å². The Labute approximate surface area is 60.3 Å². The van der Waals surface area contributed by atoms with Crippen LogP contribution < -0.4 is 0 Å². The Bertz CT molecular complexity index is 301.